The van der Waals surface area contributed by atoms with Crippen LogP contribution >= 0.6 is 0 Å². The summed E-state index contributed by atoms with van der Waals surface area (Å²) in [6, 6.07) is 13.6. The highest BCUT2D eigenvalue weighted by Gasteiger charge is 2.09. The van der Waals surface area contributed by atoms with Crippen LogP contribution in [0.15, 0.2) is 67.3 Å². The summed E-state index contributed by atoms with van der Waals surface area (Å²) in [5, 5.41) is 3.00. The molecule has 1 atom stereocenters. The molecule has 0 aliphatic carbocycles. The van der Waals surface area contributed by atoms with Crippen molar-refractivity contribution < 1.29 is 14.3 Å². The van der Waals surface area contributed by atoms with Crippen LogP contribution in [0.4, 0.5) is 0 Å². The molecule has 6 nitrogen and oxygen atoms in total. The molecular formula is C26H31N3O3. The van der Waals surface area contributed by atoms with Gasteiger partial charge in [0.05, 0.1) is 25.6 Å². The van der Waals surface area contributed by atoms with Crippen LogP contribution < -0.4 is 14.8 Å². The highest BCUT2D eigenvalue weighted by atomic mass is 16.5. The zero-order chi connectivity index (χ0) is 22.9. The summed E-state index contributed by atoms with van der Waals surface area (Å²) >= 11 is 0. The van der Waals surface area contributed by atoms with Gasteiger partial charge in [0.15, 0.2) is 11.5 Å². The van der Waals surface area contributed by atoms with Gasteiger partial charge in [-0.3, -0.25) is 4.79 Å². The van der Waals surface area contributed by atoms with E-state index in [4.69, 9.17) is 9.47 Å². The smallest absolute Gasteiger partial charge is 0.244 e. The van der Waals surface area contributed by atoms with Crippen molar-refractivity contribution in [1.29, 1.82) is 0 Å². The second-order valence-electron chi connectivity index (χ2n) is 7.97. The average molecular weight is 434 g/mol. The van der Waals surface area contributed by atoms with Crippen LogP contribution in [0.1, 0.15) is 44.9 Å². The lowest BCUT2D eigenvalue weighted by Crippen LogP contribution is -2.24. The predicted molar refractivity (Wildman–Crippen MR) is 127 cm³/mol. The maximum absolute atomic E-state index is 12.4. The number of ether oxygens (including phenoxy) is 2. The number of imidazole rings is 1. The van der Waals surface area contributed by atoms with E-state index in [0.717, 1.165) is 22.6 Å². The largest absolute Gasteiger partial charge is 0.490 e. The van der Waals surface area contributed by atoms with Crippen molar-refractivity contribution in [3.63, 3.8) is 0 Å². The molecule has 0 fully saturated rings. The van der Waals surface area contributed by atoms with Crippen LogP contribution in [-0.4, -0.2) is 28.7 Å². The first-order valence-electron chi connectivity index (χ1n) is 10.9. The van der Waals surface area contributed by atoms with E-state index in [1.807, 2.05) is 67.1 Å². The van der Waals surface area contributed by atoms with Crippen LogP contribution in [0, 0.1) is 5.92 Å². The molecule has 0 saturated carbocycles. The Hall–Kier alpha value is -3.54. The third kappa shape index (κ3) is 6.48. The summed E-state index contributed by atoms with van der Waals surface area (Å²) < 4.78 is 13.5. The van der Waals surface area contributed by atoms with Crippen molar-refractivity contribution in [2.45, 2.75) is 33.7 Å². The topological polar surface area (TPSA) is 65.4 Å². The fourth-order valence-corrected chi connectivity index (χ4v) is 3.14. The quantitative estimate of drug-likeness (QED) is 0.447. The Morgan fingerprint density at radius 1 is 1.09 bits per heavy atom. The molecule has 1 aromatic heterocycles. The summed E-state index contributed by atoms with van der Waals surface area (Å²) in [6.07, 6.45) is 8.71. The van der Waals surface area contributed by atoms with E-state index in [2.05, 4.69) is 24.1 Å². The maximum atomic E-state index is 12.4. The summed E-state index contributed by atoms with van der Waals surface area (Å²) in [5.41, 5.74) is 2.93. The highest BCUT2D eigenvalue weighted by molar-refractivity contribution is 5.92. The molecule has 0 aliphatic heterocycles. The van der Waals surface area contributed by atoms with Crippen molar-refractivity contribution in [2.24, 2.45) is 5.92 Å². The first-order chi connectivity index (χ1) is 15.5. The number of nitrogens with one attached hydrogen (secondary N) is 1. The molecule has 32 heavy (non-hydrogen) atoms. The molecule has 3 aromatic rings. The number of hydrogen-bond acceptors (Lipinski definition) is 4. The van der Waals surface area contributed by atoms with Crippen molar-refractivity contribution in [1.82, 2.24) is 14.9 Å². The summed E-state index contributed by atoms with van der Waals surface area (Å²) in [4.78, 5) is 16.5. The standard InChI is InChI=1S/C26H31N3O3/c1-5-31-25-16-21(6-12-24(25)32-17-19(2)3)7-13-26(30)28-20(4)22-8-10-23(11-9-22)29-15-14-27-18-29/h6-16,18-20H,5,17H2,1-4H3,(H,28,30)/b13-7+. The lowest BCUT2D eigenvalue weighted by molar-refractivity contribution is -0.117. The number of amides is 1. The fraction of sp³-hybridized carbons (Fsp3) is 0.308. The van der Waals surface area contributed by atoms with Gasteiger partial charge in [-0.2, -0.15) is 0 Å². The average Bonchev–Trinajstić information content (AvgIpc) is 3.32. The third-order valence-corrected chi connectivity index (χ3v) is 4.82. The van der Waals surface area contributed by atoms with Gasteiger partial charge < -0.3 is 19.4 Å². The molecule has 0 spiro atoms. The second kappa shape index (κ2) is 11.2. The van der Waals surface area contributed by atoms with Gasteiger partial charge in [0.2, 0.25) is 5.91 Å². The van der Waals surface area contributed by atoms with Gasteiger partial charge in [-0.15, -0.1) is 0 Å². The van der Waals surface area contributed by atoms with E-state index < -0.39 is 0 Å². The Bertz CT molecular complexity index is 1020. The minimum Gasteiger partial charge on any atom is -0.490 e. The Balaban J connectivity index is 1.61. The van der Waals surface area contributed by atoms with E-state index >= 15 is 0 Å². The third-order valence-electron chi connectivity index (χ3n) is 4.82. The molecule has 1 unspecified atom stereocenters. The van der Waals surface area contributed by atoms with Gasteiger partial charge in [-0.05, 0) is 61.2 Å². The molecule has 1 amide bonds. The molecule has 6 heteroatoms. The van der Waals surface area contributed by atoms with Crippen molar-refractivity contribution in [2.75, 3.05) is 13.2 Å². The Kier molecular flexibility index (Phi) is 8.08. The Morgan fingerprint density at radius 3 is 2.53 bits per heavy atom. The molecule has 1 heterocycles. The van der Waals surface area contributed by atoms with Crippen molar-refractivity contribution in [3.05, 3.63) is 78.4 Å². The summed E-state index contributed by atoms with van der Waals surface area (Å²) in [6.45, 7) is 9.27. The number of nitrogens with zero attached hydrogens (tertiary/aromatic N) is 2. The Labute approximate surface area is 189 Å². The predicted octanol–water partition coefficient (Wildman–Crippen LogP) is 5.20. The van der Waals surface area contributed by atoms with Gasteiger partial charge in [0.25, 0.3) is 0 Å². The zero-order valence-electron chi connectivity index (χ0n) is 19.1. The van der Waals surface area contributed by atoms with Crippen molar-refractivity contribution in [3.8, 4) is 17.2 Å². The van der Waals surface area contributed by atoms with E-state index in [9.17, 15) is 4.79 Å². The van der Waals surface area contributed by atoms with Gasteiger partial charge in [0.1, 0.15) is 0 Å². The summed E-state index contributed by atoms with van der Waals surface area (Å²) in [5.74, 6) is 1.67. The molecular weight excluding hydrogens is 402 g/mol. The van der Waals surface area contributed by atoms with E-state index in [-0.39, 0.29) is 11.9 Å². The number of carbonyl (C=O) groups is 1. The fourth-order valence-electron chi connectivity index (χ4n) is 3.14. The second-order valence-corrected chi connectivity index (χ2v) is 7.97. The highest BCUT2D eigenvalue weighted by Crippen LogP contribution is 2.29. The van der Waals surface area contributed by atoms with E-state index in [0.29, 0.717) is 24.9 Å². The van der Waals surface area contributed by atoms with E-state index in [1.54, 1.807) is 18.6 Å². The first kappa shape index (κ1) is 23.1. The van der Waals surface area contributed by atoms with Gasteiger partial charge in [-0.1, -0.05) is 32.0 Å². The monoisotopic (exact) mass is 433 g/mol. The van der Waals surface area contributed by atoms with Crippen LogP contribution in [0.5, 0.6) is 11.5 Å². The van der Waals surface area contributed by atoms with Crippen LogP contribution in [0.25, 0.3) is 11.8 Å². The molecule has 168 valence electrons. The molecule has 2 aromatic carbocycles. The number of hydrogen-bond donors (Lipinski definition) is 1. The minimum absolute atomic E-state index is 0.116. The Morgan fingerprint density at radius 2 is 1.88 bits per heavy atom. The minimum atomic E-state index is -0.158. The van der Waals surface area contributed by atoms with Gasteiger partial charge in [0, 0.05) is 24.2 Å². The van der Waals surface area contributed by atoms with Gasteiger partial charge >= 0.3 is 0 Å². The molecule has 0 saturated heterocycles. The van der Waals surface area contributed by atoms with Crippen LogP contribution in [0.3, 0.4) is 0 Å². The molecule has 0 aliphatic rings. The number of carbonyl (C=O) groups excluding carboxylic acids is 1. The summed E-state index contributed by atoms with van der Waals surface area (Å²) in [7, 11) is 0. The van der Waals surface area contributed by atoms with Gasteiger partial charge in [-0.25, -0.2) is 4.98 Å². The van der Waals surface area contributed by atoms with Crippen LogP contribution in [-0.2, 0) is 4.79 Å². The lowest BCUT2D eigenvalue weighted by Gasteiger charge is -2.14. The van der Waals surface area contributed by atoms with Crippen molar-refractivity contribution >= 4 is 12.0 Å². The lowest BCUT2D eigenvalue weighted by atomic mass is 10.1. The number of aromatic nitrogens is 2. The number of rotatable bonds is 10. The first-order valence-corrected chi connectivity index (χ1v) is 10.9. The molecule has 1 N–H and O–H groups in total. The normalized spacial score (nSPS) is 12.2. The van der Waals surface area contributed by atoms with Crippen LogP contribution in [0.2, 0.25) is 0 Å². The SMILES string of the molecule is CCOc1cc(/C=C/C(=O)NC(C)c2ccc(-n3ccnc3)cc2)ccc1OCC(C)C. The number of benzene rings is 2. The molecule has 0 bridgehead atoms. The molecule has 0 radical (unpaired) electrons. The maximum Gasteiger partial charge on any atom is 0.244 e. The van der Waals surface area contributed by atoms with E-state index in [1.165, 1.54) is 6.08 Å². The molecule has 3 rings (SSSR count). The zero-order valence-corrected chi connectivity index (χ0v) is 19.1.